The highest BCUT2D eigenvalue weighted by atomic mass is 35.5. The molecule has 2 aromatic rings. The highest BCUT2D eigenvalue weighted by Crippen LogP contribution is 2.38. The van der Waals surface area contributed by atoms with E-state index in [2.05, 4.69) is 0 Å². The molecule has 0 amide bonds. The molecule has 19 heavy (non-hydrogen) atoms. The maximum absolute atomic E-state index is 12.6. The molecule has 0 fully saturated rings. The van der Waals surface area contributed by atoms with Crippen LogP contribution in [0.4, 0.5) is 13.2 Å². The van der Waals surface area contributed by atoms with Gasteiger partial charge in [0.25, 0.3) is 0 Å². The largest absolute Gasteiger partial charge is 0.507 e. The number of rotatable bonds is 2. The minimum absolute atomic E-state index is 0.0348. The van der Waals surface area contributed by atoms with E-state index in [4.69, 9.17) is 16.3 Å². The van der Waals surface area contributed by atoms with Crippen molar-refractivity contribution in [2.24, 2.45) is 0 Å². The zero-order valence-electron chi connectivity index (χ0n) is 9.41. The van der Waals surface area contributed by atoms with E-state index in [-0.39, 0.29) is 5.75 Å². The number of aromatic hydroxyl groups is 1. The van der Waals surface area contributed by atoms with Crippen LogP contribution in [0.5, 0.6) is 17.2 Å². The Labute approximate surface area is 112 Å². The summed E-state index contributed by atoms with van der Waals surface area (Å²) in [5, 5.41) is 9.59. The van der Waals surface area contributed by atoms with Crippen molar-refractivity contribution in [3.05, 3.63) is 53.1 Å². The molecule has 0 heterocycles. The summed E-state index contributed by atoms with van der Waals surface area (Å²) in [5.41, 5.74) is -1.15. The molecule has 6 heteroatoms. The maximum atomic E-state index is 12.6. The first-order valence-electron chi connectivity index (χ1n) is 5.20. The van der Waals surface area contributed by atoms with Crippen molar-refractivity contribution in [1.29, 1.82) is 0 Å². The second-order valence-electron chi connectivity index (χ2n) is 3.74. The van der Waals surface area contributed by atoms with Crippen molar-refractivity contribution in [2.75, 3.05) is 0 Å². The second kappa shape index (κ2) is 5.01. The van der Waals surface area contributed by atoms with Crippen molar-refractivity contribution in [3.8, 4) is 17.2 Å². The molecule has 0 bridgehead atoms. The van der Waals surface area contributed by atoms with Crippen LogP contribution in [0.1, 0.15) is 5.56 Å². The zero-order valence-corrected chi connectivity index (χ0v) is 10.2. The van der Waals surface area contributed by atoms with Gasteiger partial charge in [0.2, 0.25) is 0 Å². The van der Waals surface area contributed by atoms with Crippen LogP contribution in [-0.4, -0.2) is 5.11 Å². The Kier molecular flexibility index (Phi) is 3.57. The molecule has 2 aromatic carbocycles. The summed E-state index contributed by atoms with van der Waals surface area (Å²) in [7, 11) is 0. The molecular weight excluding hydrogens is 281 g/mol. The van der Waals surface area contributed by atoms with Gasteiger partial charge in [0.05, 0.1) is 0 Å². The molecular formula is C13H8ClF3O2. The fourth-order valence-electron chi connectivity index (χ4n) is 1.47. The molecule has 0 atom stereocenters. The highest BCUT2D eigenvalue weighted by molar-refractivity contribution is 6.30. The second-order valence-corrected chi connectivity index (χ2v) is 4.17. The minimum Gasteiger partial charge on any atom is -0.507 e. The van der Waals surface area contributed by atoms with Gasteiger partial charge < -0.3 is 9.84 Å². The quantitative estimate of drug-likeness (QED) is 0.855. The van der Waals surface area contributed by atoms with Gasteiger partial charge >= 0.3 is 6.18 Å². The van der Waals surface area contributed by atoms with E-state index in [0.29, 0.717) is 10.8 Å². The average Bonchev–Trinajstić information content (AvgIpc) is 2.30. The van der Waals surface area contributed by atoms with E-state index in [1.807, 2.05) is 0 Å². The van der Waals surface area contributed by atoms with Crippen molar-refractivity contribution in [1.82, 2.24) is 0 Å². The van der Waals surface area contributed by atoms with Gasteiger partial charge in [-0.15, -0.1) is 0 Å². The fourth-order valence-corrected chi connectivity index (χ4v) is 1.65. The highest BCUT2D eigenvalue weighted by Gasteiger charge is 2.34. The number of phenolic OH excluding ortho intramolecular Hbond substituents is 1. The molecule has 0 aromatic heterocycles. The van der Waals surface area contributed by atoms with Gasteiger partial charge in [-0.05, 0) is 36.4 Å². The molecule has 0 saturated carbocycles. The Hall–Kier alpha value is -1.88. The van der Waals surface area contributed by atoms with Crippen LogP contribution in [0.15, 0.2) is 42.5 Å². The van der Waals surface area contributed by atoms with Crippen LogP contribution >= 0.6 is 11.6 Å². The normalized spacial score (nSPS) is 11.4. The number of halogens is 4. The summed E-state index contributed by atoms with van der Waals surface area (Å²) in [5.74, 6) is -0.565. The van der Waals surface area contributed by atoms with Gasteiger partial charge in [0.1, 0.15) is 22.8 Å². The molecule has 0 aliphatic heterocycles. The number of ether oxygens (including phenoxy) is 1. The molecule has 0 aliphatic carbocycles. The van der Waals surface area contributed by atoms with Crippen LogP contribution < -0.4 is 4.74 Å². The van der Waals surface area contributed by atoms with Gasteiger partial charge in [0, 0.05) is 5.02 Å². The standard InChI is InChI=1S/C13H8ClF3O2/c14-8-2-1-3-9(6-8)19-10-4-5-12(18)11(7-10)13(15,16)17/h1-7,18H. The fraction of sp³-hybridized carbons (Fsp3) is 0.0769. The predicted molar refractivity (Wildman–Crippen MR) is 64.6 cm³/mol. The lowest BCUT2D eigenvalue weighted by atomic mass is 10.2. The van der Waals surface area contributed by atoms with E-state index < -0.39 is 17.5 Å². The van der Waals surface area contributed by atoms with E-state index in [1.54, 1.807) is 18.2 Å². The lowest BCUT2D eigenvalue weighted by Crippen LogP contribution is -2.05. The predicted octanol–water partition coefficient (Wildman–Crippen LogP) is 4.86. The molecule has 2 rings (SSSR count). The van der Waals surface area contributed by atoms with Gasteiger partial charge in [-0.1, -0.05) is 17.7 Å². The SMILES string of the molecule is Oc1ccc(Oc2cccc(Cl)c2)cc1C(F)(F)F. The third kappa shape index (κ3) is 3.32. The van der Waals surface area contributed by atoms with Crippen molar-refractivity contribution in [3.63, 3.8) is 0 Å². The smallest absolute Gasteiger partial charge is 0.420 e. The number of hydrogen-bond donors (Lipinski definition) is 1. The van der Waals surface area contributed by atoms with Crippen molar-refractivity contribution < 1.29 is 23.0 Å². The summed E-state index contributed by atoms with van der Waals surface area (Å²) in [6, 6.07) is 9.17. The average molecular weight is 289 g/mol. The first-order valence-corrected chi connectivity index (χ1v) is 5.58. The van der Waals surface area contributed by atoms with Gasteiger partial charge in [-0.3, -0.25) is 0 Å². The van der Waals surface area contributed by atoms with Crippen LogP contribution in [0.25, 0.3) is 0 Å². The third-order valence-corrected chi connectivity index (χ3v) is 2.54. The van der Waals surface area contributed by atoms with Crippen LogP contribution in [0.3, 0.4) is 0 Å². The van der Waals surface area contributed by atoms with Gasteiger partial charge in [0.15, 0.2) is 0 Å². The number of phenols is 1. The first-order chi connectivity index (χ1) is 8.86. The summed E-state index contributed by atoms with van der Waals surface area (Å²) in [6.45, 7) is 0. The van der Waals surface area contributed by atoms with Crippen molar-refractivity contribution >= 4 is 11.6 Å². The van der Waals surface area contributed by atoms with Gasteiger partial charge in [-0.2, -0.15) is 13.2 Å². The number of hydrogen-bond acceptors (Lipinski definition) is 2. The minimum atomic E-state index is -4.64. The van der Waals surface area contributed by atoms with E-state index in [0.717, 1.165) is 12.1 Å². The Morgan fingerprint density at radius 3 is 2.32 bits per heavy atom. The topological polar surface area (TPSA) is 29.5 Å². The number of alkyl halides is 3. The molecule has 2 nitrogen and oxygen atoms in total. The first kappa shape index (κ1) is 13.5. The molecule has 100 valence electrons. The molecule has 0 spiro atoms. The Morgan fingerprint density at radius 2 is 1.68 bits per heavy atom. The van der Waals surface area contributed by atoms with Gasteiger partial charge in [-0.25, -0.2) is 0 Å². The maximum Gasteiger partial charge on any atom is 0.420 e. The summed E-state index contributed by atoms with van der Waals surface area (Å²) in [6.07, 6.45) is -4.64. The summed E-state index contributed by atoms with van der Waals surface area (Å²) >= 11 is 5.74. The molecule has 1 N–H and O–H groups in total. The Bertz CT molecular complexity index is 597. The Balaban J connectivity index is 2.32. The lowest BCUT2D eigenvalue weighted by Gasteiger charge is -2.11. The molecule has 0 radical (unpaired) electrons. The lowest BCUT2D eigenvalue weighted by molar-refractivity contribution is -0.138. The van der Waals surface area contributed by atoms with E-state index >= 15 is 0 Å². The van der Waals surface area contributed by atoms with E-state index in [9.17, 15) is 18.3 Å². The Morgan fingerprint density at radius 1 is 1.00 bits per heavy atom. The zero-order chi connectivity index (χ0) is 14.0. The summed E-state index contributed by atoms with van der Waals surface area (Å²) < 4.78 is 43.0. The van der Waals surface area contributed by atoms with E-state index in [1.165, 1.54) is 12.1 Å². The summed E-state index contributed by atoms with van der Waals surface area (Å²) in [4.78, 5) is 0. The monoisotopic (exact) mass is 288 g/mol. The molecule has 0 unspecified atom stereocenters. The molecule has 0 aliphatic rings. The van der Waals surface area contributed by atoms with Crippen LogP contribution in [0.2, 0.25) is 5.02 Å². The van der Waals surface area contributed by atoms with Crippen molar-refractivity contribution in [2.45, 2.75) is 6.18 Å². The van der Waals surface area contributed by atoms with Crippen LogP contribution in [0, 0.1) is 0 Å². The van der Waals surface area contributed by atoms with Crippen LogP contribution in [-0.2, 0) is 6.18 Å². The molecule has 0 saturated heterocycles. The number of benzene rings is 2. The third-order valence-electron chi connectivity index (χ3n) is 2.31.